The molecule has 7 aliphatic heterocycles. The number of aromatic amines is 3. The van der Waals surface area contributed by atoms with Crippen molar-refractivity contribution in [2.45, 2.75) is 195 Å². The summed E-state index contributed by atoms with van der Waals surface area (Å²) >= 11 is 9.53. The minimum Gasteiger partial charge on any atom is -0.444 e. The van der Waals surface area contributed by atoms with Crippen molar-refractivity contribution in [2.24, 2.45) is 0 Å². The number of pyridine rings is 3. The van der Waals surface area contributed by atoms with Gasteiger partial charge in [0.15, 0.2) is 5.82 Å². The third kappa shape index (κ3) is 19.6. The second kappa shape index (κ2) is 33.2. The summed E-state index contributed by atoms with van der Waals surface area (Å²) in [5.41, 5.74) is 8.34. The average molecular weight is 1610 g/mol. The summed E-state index contributed by atoms with van der Waals surface area (Å²) in [5.74, 6) is 2.47. The number of halogens is 2. The zero-order valence-electron chi connectivity index (χ0n) is 66.7. The molecule has 30 heteroatoms. The first-order valence-corrected chi connectivity index (χ1v) is 39.2. The van der Waals surface area contributed by atoms with Gasteiger partial charge in [0, 0.05) is 94.2 Å². The van der Waals surface area contributed by atoms with Crippen molar-refractivity contribution in [1.82, 2.24) is 44.7 Å². The molecule has 4 fully saturated rings. The molecule has 0 spiro atoms. The molecule has 9 aromatic rings. The van der Waals surface area contributed by atoms with Crippen LogP contribution in [0.1, 0.15) is 145 Å². The first-order chi connectivity index (χ1) is 52.7. The third-order valence-corrected chi connectivity index (χ3v) is 21.8. The van der Waals surface area contributed by atoms with E-state index >= 15 is 0 Å². The smallest absolute Gasteiger partial charge is 0.444 e. The Morgan fingerprint density at radius 2 is 0.946 bits per heavy atom. The van der Waals surface area contributed by atoms with E-state index in [0.717, 1.165) is 112 Å². The number of ether oxygens (including phenoxy) is 4. The van der Waals surface area contributed by atoms with Gasteiger partial charge in [0.1, 0.15) is 22.8 Å². The van der Waals surface area contributed by atoms with E-state index in [0.29, 0.717) is 84.1 Å². The number of aryl methyl sites for hydroxylation is 1. The van der Waals surface area contributed by atoms with E-state index < -0.39 is 11.2 Å². The highest BCUT2D eigenvalue weighted by Crippen LogP contribution is 2.40. The minimum absolute atomic E-state index is 0.0427. The fourth-order valence-corrected chi connectivity index (χ4v) is 14.3. The number of H-pyrrole nitrogens is 3. The number of fused-ring (bicyclic) bond motifs is 6. The van der Waals surface area contributed by atoms with Crippen molar-refractivity contribution in [1.29, 1.82) is 0 Å². The lowest BCUT2D eigenvalue weighted by molar-refractivity contribution is -0.116. The van der Waals surface area contributed by atoms with Crippen LogP contribution in [0, 0.1) is 0 Å². The summed E-state index contributed by atoms with van der Waals surface area (Å²) in [5, 5.41) is 6.11. The van der Waals surface area contributed by atoms with Crippen LogP contribution < -0.4 is 42.7 Å². The first-order valence-electron chi connectivity index (χ1n) is 38.0. The van der Waals surface area contributed by atoms with Gasteiger partial charge in [-0.05, 0) is 241 Å². The molecule has 4 aromatic carbocycles. The number of rotatable bonds is 5. The lowest BCUT2D eigenvalue weighted by atomic mass is 9.78. The average Bonchev–Trinajstić information content (AvgIpc) is 1.63. The summed E-state index contributed by atoms with van der Waals surface area (Å²) in [6.07, 6.45) is 1.88. The maximum Gasteiger partial charge on any atom is 0.494 e. The second-order valence-electron chi connectivity index (χ2n) is 33.1. The van der Waals surface area contributed by atoms with E-state index in [1.807, 2.05) is 176 Å². The molecule has 26 nitrogen and oxygen atoms in total. The quantitative estimate of drug-likeness (QED) is 0.0919. The second-order valence-corrected chi connectivity index (χ2v) is 34.3. The third-order valence-electron chi connectivity index (χ3n) is 21.1. The highest BCUT2D eigenvalue weighted by Gasteiger charge is 2.53. The Hall–Kier alpha value is -9.06. The van der Waals surface area contributed by atoms with E-state index in [9.17, 15) is 28.8 Å². The van der Waals surface area contributed by atoms with Crippen LogP contribution in [0.3, 0.4) is 0 Å². The number of anilines is 3. The predicted octanol–water partition coefficient (Wildman–Crippen LogP) is 12.1. The van der Waals surface area contributed by atoms with Crippen LogP contribution in [-0.2, 0) is 74.7 Å². The molecule has 4 saturated heterocycles. The summed E-state index contributed by atoms with van der Waals surface area (Å²) < 4.78 is 47.4. The predicted molar refractivity (Wildman–Crippen MR) is 440 cm³/mol. The van der Waals surface area contributed by atoms with Crippen molar-refractivity contribution in [3.63, 3.8) is 0 Å². The summed E-state index contributed by atoms with van der Waals surface area (Å²) in [6.45, 7) is 37.8. The van der Waals surface area contributed by atoms with Gasteiger partial charge in [-0.15, -0.1) is 0 Å². The van der Waals surface area contributed by atoms with Crippen LogP contribution in [0.2, 0.25) is 5.28 Å². The van der Waals surface area contributed by atoms with Crippen LogP contribution in [0.25, 0.3) is 44.1 Å². The van der Waals surface area contributed by atoms with E-state index in [-0.39, 0.29) is 88.8 Å². The normalized spacial score (nSPS) is 19.4. The summed E-state index contributed by atoms with van der Waals surface area (Å²) in [6, 6.07) is 33.7. The zero-order chi connectivity index (χ0) is 80.6. The first kappa shape index (κ1) is 82.4. The molecule has 0 aliphatic carbocycles. The SMILES string of the molecule is CC1(C)OB(c2ccc3[nH]c(=O)ccc3c2)OC1(C)C.CC1(C)OB(c2ccc3[nH]c(=O)ccc3c2)OC1(C)C.C[C@H]1COCCN1c1nc(-c2ccc3c(c2)CCC(=O)N3)nc2c1CCN(C(=O)OC(C)(C)C)C2.C[C@H]1COCCN1c1nc(Cl)nc2c1CCN(C(=O)OC(C)(C)C)C2.O=c1ccc2cc(Br)ccc2[nH]1. The number of amides is 3. The van der Waals surface area contributed by atoms with Crippen molar-refractivity contribution in [3.8, 4) is 11.4 Å². The Kier molecular flexibility index (Phi) is 24.4. The molecule has 592 valence electrons. The molecule has 0 unspecified atom stereocenters. The van der Waals surface area contributed by atoms with Gasteiger partial charge in [0.05, 0.1) is 85.4 Å². The van der Waals surface area contributed by atoms with Crippen LogP contribution in [-0.4, -0.2) is 175 Å². The number of nitrogens with zero attached hydrogens (tertiary/aromatic N) is 8. The molecular formula is C82H100B2BrClN12O14. The number of nitrogens with one attached hydrogen (secondary N) is 4. The fourth-order valence-electron chi connectivity index (χ4n) is 13.7. The van der Waals surface area contributed by atoms with Crippen LogP contribution >= 0.6 is 27.5 Å². The highest BCUT2D eigenvalue weighted by atomic mass is 79.9. The number of hydrogen-bond donors (Lipinski definition) is 4. The lowest BCUT2D eigenvalue weighted by Crippen LogP contribution is -2.46. The maximum atomic E-state index is 12.8. The van der Waals surface area contributed by atoms with Gasteiger partial charge in [-0.3, -0.25) is 19.2 Å². The Bertz CT molecular complexity index is 5040. The molecule has 3 amide bonds. The van der Waals surface area contributed by atoms with E-state index in [1.165, 1.54) is 18.2 Å². The number of morpholine rings is 2. The van der Waals surface area contributed by atoms with E-state index in [1.54, 1.807) is 15.9 Å². The van der Waals surface area contributed by atoms with Gasteiger partial charge in [0.2, 0.25) is 27.9 Å². The molecule has 0 bridgehead atoms. The molecular weight excluding hydrogens is 1510 g/mol. The van der Waals surface area contributed by atoms with Crippen molar-refractivity contribution in [2.75, 3.05) is 67.7 Å². The molecule has 16 rings (SSSR count). The number of carbonyl (C=O) groups is 3. The minimum atomic E-state index is -0.554. The number of carbonyl (C=O) groups excluding carboxylic acids is 3. The van der Waals surface area contributed by atoms with Gasteiger partial charge in [-0.2, -0.15) is 0 Å². The summed E-state index contributed by atoms with van der Waals surface area (Å²) in [7, 11) is -0.757. The van der Waals surface area contributed by atoms with Crippen molar-refractivity contribution >= 4 is 121 Å². The Morgan fingerprint density at radius 3 is 1.39 bits per heavy atom. The topological polar surface area (TPSA) is 300 Å². The highest BCUT2D eigenvalue weighted by molar-refractivity contribution is 9.10. The molecule has 7 aliphatic rings. The van der Waals surface area contributed by atoms with Gasteiger partial charge >= 0.3 is 26.4 Å². The van der Waals surface area contributed by atoms with Gasteiger partial charge < -0.3 is 77.4 Å². The maximum absolute atomic E-state index is 12.8. The zero-order valence-corrected chi connectivity index (χ0v) is 69.0. The largest absolute Gasteiger partial charge is 0.494 e. The molecule has 2 atom stereocenters. The molecule has 0 radical (unpaired) electrons. The standard InChI is InChI=1S/C26H33N5O4.C17H25ClN4O3.2C15H18BNO3.C9H6BrNO/c1-16-15-34-12-11-31(16)24-19-9-10-30(25(33)35-26(2,3)4)14-21(19)28-23(29-24)18-5-7-20-17(13-18)6-8-22(32)27-20;1-11-10-24-8-7-22(11)14-12-5-6-21(16(23)25-17(2,3)4)9-13(12)19-15(18)20-14;2*1-14(2)15(3,4)20-16(19-14)11-6-7-12-10(9-11)5-8-13(18)17-12;10-7-2-3-8-6(5-7)1-4-9(12)11-8/h5,7,13,16H,6,8-12,14-15H2,1-4H3,(H,27,32);11H,5-10H2,1-4H3;2*5-9H,1-4H3,(H,17,18);1-5H,(H,11,12)/t16-;11-;;;/m00.../s1. The lowest BCUT2D eigenvalue weighted by Gasteiger charge is -2.38. The van der Waals surface area contributed by atoms with E-state index in [2.05, 4.69) is 75.9 Å². The van der Waals surface area contributed by atoms with Crippen molar-refractivity contribution < 1.29 is 51.9 Å². The van der Waals surface area contributed by atoms with Gasteiger partial charge in [0.25, 0.3) is 0 Å². The van der Waals surface area contributed by atoms with Crippen LogP contribution in [0.5, 0.6) is 0 Å². The van der Waals surface area contributed by atoms with Gasteiger partial charge in [-0.1, -0.05) is 40.2 Å². The van der Waals surface area contributed by atoms with Crippen LogP contribution in [0.15, 0.2) is 128 Å². The Balaban J connectivity index is 0.000000135. The Labute approximate surface area is 666 Å². The van der Waals surface area contributed by atoms with E-state index in [4.69, 9.17) is 59.1 Å². The number of hydrogen-bond acceptors (Lipinski definition) is 20. The molecule has 112 heavy (non-hydrogen) atoms. The monoisotopic (exact) mass is 1610 g/mol. The fraction of sp³-hybridized carbons (Fsp3) is 0.463. The molecule has 5 aromatic heterocycles. The summed E-state index contributed by atoms with van der Waals surface area (Å²) in [4.78, 5) is 106. The number of aromatic nitrogens is 7. The van der Waals surface area contributed by atoms with Gasteiger partial charge in [-0.25, -0.2) is 29.5 Å². The molecule has 0 saturated carbocycles. The Morgan fingerprint density at radius 1 is 0.518 bits per heavy atom. The molecule has 4 N–H and O–H groups in total. The molecule has 12 heterocycles. The van der Waals surface area contributed by atoms with Crippen molar-refractivity contribution in [3.05, 3.63) is 178 Å². The van der Waals surface area contributed by atoms with Crippen LogP contribution in [0.4, 0.5) is 26.9 Å². The number of benzene rings is 4.